The van der Waals surface area contributed by atoms with Gasteiger partial charge in [0.05, 0.1) is 0 Å². The molecule has 1 atom stereocenters. The van der Waals surface area contributed by atoms with Crippen LogP contribution in [0.3, 0.4) is 0 Å². The molecule has 0 aromatic rings. The summed E-state index contributed by atoms with van der Waals surface area (Å²) >= 11 is 2.13. The highest BCUT2D eigenvalue weighted by molar-refractivity contribution is 7.99. The Morgan fingerprint density at radius 2 is 2.30 bits per heavy atom. The average Bonchev–Trinajstić information content (AvgIpc) is 2.29. The maximum absolute atomic E-state index is 2.59. The summed E-state index contributed by atoms with van der Waals surface area (Å²) in [6, 6.07) is 0. The van der Waals surface area contributed by atoms with E-state index in [2.05, 4.69) is 16.7 Å². The van der Waals surface area contributed by atoms with Gasteiger partial charge in [-0.15, -0.1) is 0 Å². The zero-order chi connectivity index (χ0) is 6.81. The summed E-state index contributed by atoms with van der Waals surface area (Å²) < 4.78 is 0. The van der Waals surface area contributed by atoms with Crippen LogP contribution in [0.25, 0.3) is 0 Å². The molecule has 2 heteroatoms. The van der Waals surface area contributed by atoms with E-state index in [4.69, 9.17) is 0 Å². The van der Waals surface area contributed by atoms with Crippen LogP contribution in [0, 0.1) is 5.92 Å². The van der Waals surface area contributed by atoms with Gasteiger partial charge in [-0.1, -0.05) is 0 Å². The molecule has 2 heterocycles. The van der Waals surface area contributed by atoms with Crippen molar-refractivity contribution in [3.63, 3.8) is 0 Å². The third-order valence-corrected chi connectivity index (χ3v) is 3.72. The summed E-state index contributed by atoms with van der Waals surface area (Å²) in [6.45, 7) is 4.15. The highest BCUT2D eigenvalue weighted by atomic mass is 32.2. The third-order valence-electron chi connectivity index (χ3n) is 2.49. The maximum atomic E-state index is 2.59. The monoisotopic (exact) mass is 157 g/mol. The van der Waals surface area contributed by atoms with E-state index in [1.165, 1.54) is 44.0 Å². The van der Waals surface area contributed by atoms with Crippen molar-refractivity contribution < 1.29 is 0 Å². The van der Waals surface area contributed by atoms with Gasteiger partial charge in [-0.05, 0) is 43.4 Å². The van der Waals surface area contributed by atoms with Crippen molar-refractivity contribution in [2.24, 2.45) is 5.92 Å². The molecule has 2 aliphatic heterocycles. The van der Waals surface area contributed by atoms with Gasteiger partial charge in [0.25, 0.3) is 0 Å². The van der Waals surface area contributed by atoms with Crippen LogP contribution in [0.4, 0.5) is 0 Å². The summed E-state index contributed by atoms with van der Waals surface area (Å²) in [6.07, 6.45) is 2.92. The number of hydrogen-bond donors (Lipinski definition) is 0. The standard InChI is InChI=1S/C8H15NS/c1-3-9(4-1)6-8-2-5-10-7-8/h8H,1-7H2. The summed E-state index contributed by atoms with van der Waals surface area (Å²) in [7, 11) is 0. The van der Waals surface area contributed by atoms with Crippen LogP contribution < -0.4 is 0 Å². The van der Waals surface area contributed by atoms with E-state index >= 15 is 0 Å². The molecule has 0 N–H and O–H groups in total. The maximum Gasteiger partial charge on any atom is 0.00179 e. The molecule has 0 saturated carbocycles. The molecular weight excluding hydrogens is 142 g/mol. The molecule has 1 nitrogen and oxygen atoms in total. The van der Waals surface area contributed by atoms with Crippen molar-refractivity contribution in [2.45, 2.75) is 12.8 Å². The second-order valence-corrected chi connectivity index (χ2v) is 4.53. The smallest absolute Gasteiger partial charge is 0.00179 e. The van der Waals surface area contributed by atoms with Gasteiger partial charge in [-0.25, -0.2) is 0 Å². The van der Waals surface area contributed by atoms with Gasteiger partial charge in [0.1, 0.15) is 0 Å². The lowest BCUT2D eigenvalue weighted by atomic mass is 10.1. The largest absolute Gasteiger partial charge is 0.303 e. The molecule has 0 aromatic carbocycles. The summed E-state index contributed by atoms with van der Waals surface area (Å²) in [5, 5.41) is 0. The van der Waals surface area contributed by atoms with E-state index in [9.17, 15) is 0 Å². The predicted molar refractivity (Wildman–Crippen MR) is 46.5 cm³/mol. The van der Waals surface area contributed by atoms with Crippen molar-refractivity contribution in [3.8, 4) is 0 Å². The van der Waals surface area contributed by atoms with Crippen LogP contribution in [-0.2, 0) is 0 Å². The first-order chi connectivity index (χ1) is 4.95. The van der Waals surface area contributed by atoms with E-state index in [1.54, 1.807) is 0 Å². The van der Waals surface area contributed by atoms with Crippen LogP contribution in [0.1, 0.15) is 12.8 Å². The molecule has 0 radical (unpaired) electrons. The Balaban J connectivity index is 1.68. The normalized spacial score (nSPS) is 34.2. The summed E-state index contributed by atoms with van der Waals surface area (Å²) in [5.41, 5.74) is 0. The predicted octanol–water partition coefficient (Wildman–Crippen LogP) is 1.45. The Labute approximate surface area is 67.2 Å². The SMILES string of the molecule is C1CN(CC2CCSC2)C1. The molecule has 0 bridgehead atoms. The highest BCUT2D eigenvalue weighted by Crippen LogP contribution is 2.25. The Hall–Kier alpha value is 0.310. The van der Waals surface area contributed by atoms with Crippen molar-refractivity contribution >= 4 is 11.8 Å². The van der Waals surface area contributed by atoms with Crippen molar-refractivity contribution in [3.05, 3.63) is 0 Å². The lowest BCUT2D eigenvalue weighted by Crippen LogP contribution is -2.40. The molecule has 2 aliphatic rings. The first-order valence-corrected chi connectivity index (χ1v) is 5.41. The minimum Gasteiger partial charge on any atom is -0.303 e. The fourth-order valence-electron chi connectivity index (χ4n) is 1.66. The van der Waals surface area contributed by atoms with Crippen LogP contribution >= 0.6 is 11.8 Å². The van der Waals surface area contributed by atoms with Gasteiger partial charge < -0.3 is 4.90 Å². The van der Waals surface area contributed by atoms with Gasteiger partial charge in [0, 0.05) is 6.54 Å². The Morgan fingerprint density at radius 1 is 1.40 bits per heavy atom. The lowest BCUT2D eigenvalue weighted by molar-refractivity contribution is 0.158. The Kier molecular flexibility index (Phi) is 2.19. The third kappa shape index (κ3) is 1.48. The van der Waals surface area contributed by atoms with Gasteiger partial charge in [0.2, 0.25) is 0 Å². The second kappa shape index (κ2) is 3.14. The topological polar surface area (TPSA) is 3.24 Å². The van der Waals surface area contributed by atoms with Crippen LogP contribution in [0.15, 0.2) is 0 Å². The summed E-state index contributed by atoms with van der Waals surface area (Å²) in [5.74, 6) is 3.87. The number of likely N-dealkylation sites (tertiary alicyclic amines) is 1. The minimum atomic E-state index is 1.03. The number of thioether (sulfide) groups is 1. The molecule has 2 rings (SSSR count). The van der Waals surface area contributed by atoms with Crippen LogP contribution in [0.2, 0.25) is 0 Å². The molecule has 58 valence electrons. The van der Waals surface area contributed by atoms with Crippen molar-refractivity contribution in [1.29, 1.82) is 0 Å². The van der Waals surface area contributed by atoms with E-state index in [-0.39, 0.29) is 0 Å². The Bertz CT molecular complexity index is 106. The van der Waals surface area contributed by atoms with Gasteiger partial charge in [-0.3, -0.25) is 0 Å². The highest BCUT2D eigenvalue weighted by Gasteiger charge is 2.21. The van der Waals surface area contributed by atoms with Crippen LogP contribution in [-0.4, -0.2) is 36.0 Å². The minimum absolute atomic E-state index is 1.03. The number of hydrogen-bond acceptors (Lipinski definition) is 2. The molecular formula is C8H15NS. The van der Waals surface area contributed by atoms with E-state index in [1.807, 2.05) is 0 Å². The van der Waals surface area contributed by atoms with Gasteiger partial charge in [-0.2, -0.15) is 11.8 Å². The molecule has 0 aromatic heterocycles. The first-order valence-electron chi connectivity index (χ1n) is 4.25. The number of nitrogens with zero attached hydrogens (tertiary/aromatic N) is 1. The first kappa shape index (κ1) is 6.99. The molecule has 0 amide bonds. The quantitative estimate of drug-likeness (QED) is 0.597. The molecule has 10 heavy (non-hydrogen) atoms. The lowest BCUT2D eigenvalue weighted by Gasteiger charge is -2.32. The van der Waals surface area contributed by atoms with Crippen LogP contribution in [0.5, 0.6) is 0 Å². The van der Waals surface area contributed by atoms with Crippen molar-refractivity contribution in [2.75, 3.05) is 31.1 Å². The van der Waals surface area contributed by atoms with E-state index < -0.39 is 0 Å². The fourth-order valence-corrected chi connectivity index (χ4v) is 2.93. The fraction of sp³-hybridized carbons (Fsp3) is 1.00. The van der Waals surface area contributed by atoms with E-state index in [0.717, 1.165) is 5.92 Å². The zero-order valence-electron chi connectivity index (χ0n) is 6.38. The van der Waals surface area contributed by atoms with Gasteiger partial charge in [0.15, 0.2) is 0 Å². The molecule has 2 saturated heterocycles. The number of rotatable bonds is 2. The summed E-state index contributed by atoms with van der Waals surface area (Å²) in [4.78, 5) is 2.59. The molecule has 0 spiro atoms. The Morgan fingerprint density at radius 3 is 2.80 bits per heavy atom. The molecule has 0 aliphatic carbocycles. The molecule has 1 unspecified atom stereocenters. The molecule has 2 fully saturated rings. The van der Waals surface area contributed by atoms with E-state index in [0.29, 0.717) is 0 Å². The zero-order valence-corrected chi connectivity index (χ0v) is 7.20. The van der Waals surface area contributed by atoms with Crippen molar-refractivity contribution in [1.82, 2.24) is 4.90 Å². The van der Waals surface area contributed by atoms with Gasteiger partial charge >= 0.3 is 0 Å². The average molecular weight is 157 g/mol. The second-order valence-electron chi connectivity index (χ2n) is 3.38.